The van der Waals surface area contributed by atoms with Crippen molar-refractivity contribution in [3.05, 3.63) is 16.7 Å². The Kier molecular flexibility index (Phi) is 1.50. The van der Waals surface area contributed by atoms with Crippen molar-refractivity contribution in [1.29, 1.82) is 5.41 Å². The number of anilines is 1. The molecule has 1 rings (SSSR count). The molecule has 1 aromatic heterocycles. The largest absolute Gasteiger partial charge is 0.423 e. The molecule has 0 aliphatic carbocycles. The van der Waals surface area contributed by atoms with E-state index in [1.165, 1.54) is 6.07 Å². The van der Waals surface area contributed by atoms with Crippen LogP contribution in [0.25, 0.3) is 0 Å². The zero-order chi connectivity index (χ0) is 7.72. The van der Waals surface area contributed by atoms with Gasteiger partial charge in [0.05, 0.1) is 0 Å². The third-order valence-corrected chi connectivity index (χ3v) is 1.12. The molecule has 1 aromatic rings. The molecule has 0 amide bonds. The summed E-state index contributed by atoms with van der Waals surface area (Å²) in [6.45, 7) is 0. The molecule has 0 aliphatic rings. The maximum Gasteiger partial charge on any atom is 0.237 e. The van der Waals surface area contributed by atoms with E-state index in [1.54, 1.807) is 0 Å². The monoisotopic (exact) mass is 160 g/mol. The van der Waals surface area contributed by atoms with Gasteiger partial charge in [0.1, 0.15) is 5.15 Å². The normalized spacial score (nSPS) is 9.70. The molecule has 0 saturated heterocycles. The lowest BCUT2D eigenvalue weighted by Gasteiger charge is -1.99. The standard InChI is InChI=1S/C4H5ClN4O/c5-2-1-3(6)9(10)4(7)8-2/h1,6,10H,(H2,7,8). The molecule has 0 unspecified atom stereocenters. The highest BCUT2D eigenvalue weighted by atomic mass is 35.5. The Hall–Kier alpha value is -1.23. The number of aromatic nitrogens is 2. The van der Waals surface area contributed by atoms with E-state index in [4.69, 9.17) is 28.0 Å². The van der Waals surface area contributed by atoms with Crippen molar-refractivity contribution in [2.45, 2.75) is 0 Å². The molecule has 0 saturated carbocycles. The average molecular weight is 161 g/mol. The van der Waals surface area contributed by atoms with Gasteiger partial charge in [0.2, 0.25) is 5.95 Å². The van der Waals surface area contributed by atoms with E-state index in [1.807, 2.05) is 0 Å². The van der Waals surface area contributed by atoms with Crippen molar-refractivity contribution >= 4 is 17.5 Å². The topological polar surface area (TPSA) is 87.9 Å². The van der Waals surface area contributed by atoms with Crippen LogP contribution in [0.3, 0.4) is 0 Å². The SMILES string of the molecule is N=c1cc(Cl)nc(N)n1O. The van der Waals surface area contributed by atoms with Gasteiger partial charge in [-0.3, -0.25) is 5.41 Å². The van der Waals surface area contributed by atoms with E-state index >= 15 is 0 Å². The molecule has 0 aromatic carbocycles. The minimum absolute atomic E-state index is 0.0906. The van der Waals surface area contributed by atoms with Crippen molar-refractivity contribution in [2.24, 2.45) is 0 Å². The molecule has 10 heavy (non-hydrogen) atoms. The average Bonchev–Trinajstić information content (AvgIpc) is 1.82. The summed E-state index contributed by atoms with van der Waals surface area (Å²) in [6.07, 6.45) is 0. The minimum Gasteiger partial charge on any atom is -0.423 e. The Bertz CT molecular complexity index is 307. The Labute approximate surface area is 61.2 Å². The fraction of sp³-hybridized carbons (Fsp3) is 0. The summed E-state index contributed by atoms with van der Waals surface area (Å²) in [7, 11) is 0. The van der Waals surface area contributed by atoms with Crippen LogP contribution in [0.5, 0.6) is 0 Å². The van der Waals surface area contributed by atoms with Gasteiger partial charge in [-0.25, -0.2) is 4.98 Å². The predicted molar refractivity (Wildman–Crippen MR) is 34.7 cm³/mol. The number of rotatable bonds is 0. The van der Waals surface area contributed by atoms with Gasteiger partial charge < -0.3 is 10.9 Å². The van der Waals surface area contributed by atoms with Crippen LogP contribution in [-0.2, 0) is 0 Å². The minimum atomic E-state index is -0.197. The summed E-state index contributed by atoms with van der Waals surface area (Å²) in [5, 5.41) is 15.9. The van der Waals surface area contributed by atoms with Gasteiger partial charge in [-0.15, -0.1) is 4.73 Å². The van der Waals surface area contributed by atoms with E-state index in [0.29, 0.717) is 4.73 Å². The van der Waals surface area contributed by atoms with Crippen molar-refractivity contribution in [1.82, 2.24) is 9.71 Å². The van der Waals surface area contributed by atoms with Crippen LogP contribution >= 0.6 is 11.6 Å². The zero-order valence-corrected chi connectivity index (χ0v) is 5.63. The molecule has 54 valence electrons. The fourth-order valence-corrected chi connectivity index (χ4v) is 0.676. The number of hydrogen-bond acceptors (Lipinski definition) is 4. The van der Waals surface area contributed by atoms with Gasteiger partial charge >= 0.3 is 0 Å². The number of nitrogen functional groups attached to an aromatic ring is 1. The summed E-state index contributed by atoms with van der Waals surface area (Å²) in [5.41, 5.74) is 4.92. The van der Waals surface area contributed by atoms with Gasteiger partial charge in [-0.2, -0.15) is 0 Å². The molecule has 4 N–H and O–H groups in total. The van der Waals surface area contributed by atoms with Crippen molar-refractivity contribution < 1.29 is 5.21 Å². The van der Waals surface area contributed by atoms with E-state index in [0.717, 1.165) is 0 Å². The summed E-state index contributed by atoms with van der Waals surface area (Å²) < 4.78 is 0.436. The van der Waals surface area contributed by atoms with Gasteiger partial charge in [-0.05, 0) is 0 Å². The Morgan fingerprint density at radius 2 is 2.40 bits per heavy atom. The molecule has 6 heteroatoms. The van der Waals surface area contributed by atoms with Crippen molar-refractivity contribution in [3.8, 4) is 0 Å². The highest BCUT2D eigenvalue weighted by Gasteiger charge is 1.97. The summed E-state index contributed by atoms with van der Waals surface area (Å²) in [5.74, 6) is -0.197. The molecule has 0 fully saturated rings. The zero-order valence-electron chi connectivity index (χ0n) is 4.87. The van der Waals surface area contributed by atoms with Crippen LogP contribution in [0.15, 0.2) is 6.07 Å². The number of nitrogens with zero attached hydrogens (tertiary/aromatic N) is 2. The molecule has 1 heterocycles. The molecular weight excluding hydrogens is 156 g/mol. The molecule has 0 atom stereocenters. The molecule has 0 radical (unpaired) electrons. The first kappa shape index (κ1) is 6.88. The van der Waals surface area contributed by atoms with E-state index < -0.39 is 0 Å². The van der Waals surface area contributed by atoms with Crippen LogP contribution in [0, 0.1) is 5.41 Å². The lowest BCUT2D eigenvalue weighted by molar-refractivity contribution is 0.174. The summed E-state index contributed by atoms with van der Waals surface area (Å²) >= 11 is 5.39. The van der Waals surface area contributed by atoms with Gasteiger partial charge in [-0.1, -0.05) is 11.6 Å². The maximum absolute atomic E-state index is 8.81. The maximum atomic E-state index is 8.81. The summed E-state index contributed by atoms with van der Waals surface area (Å²) in [6, 6.07) is 1.18. The molecule has 5 nitrogen and oxygen atoms in total. The number of nitrogens with two attached hydrogens (primary N) is 1. The smallest absolute Gasteiger partial charge is 0.237 e. The van der Waals surface area contributed by atoms with Gasteiger partial charge in [0.25, 0.3) is 0 Å². The third-order valence-electron chi connectivity index (χ3n) is 0.922. The highest BCUT2D eigenvalue weighted by Crippen LogP contribution is 2.00. The van der Waals surface area contributed by atoms with E-state index in [-0.39, 0.29) is 16.6 Å². The summed E-state index contributed by atoms with van der Waals surface area (Å²) in [4.78, 5) is 3.47. The number of halogens is 1. The first-order valence-corrected chi connectivity index (χ1v) is 2.78. The Balaban J connectivity index is 3.46. The molecule has 0 spiro atoms. The van der Waals surface area contributed by atoms with Crippen LogP contribution in [0.2, 0.25) is 5.15 Å². The number of hydrogen-bond donors (Lipinski definition) is 3. The first-order chi connectivity index (χ1) is 4.61. The molecule has 0 aliphatic heterocycles. The quantitative estimate of drug-likeness (QED) is 0.364. The Morgan fingerprint density at radius 3 is 2.90 bits per heavy atom. The van der Waals surface area contributed by atoms with Gasteiger partial charge in [0, 0.05) is 6.07 Å². The molecular formula is C4H5ClN4O. The third kappa shape index (κ3) is 1.03. The molecule has 0 bridgehead atoms. The predicted octanol–water partition coefficient (Wildman–Crippen LogP) is -0.165. The second kappa shape index (κ2) is 2.18. The van der Waals surface area contributed by atoms with Crippen LogP contribution < -0.4 is 11.2 Å². The van der Waals surface area contributed by atoms with Gasteiger partial charge in [0.15, 0.2) is 5.49 Å². The first-order valence-electron chi connectivity index (χ1n) is 2.40. The van der Waals surface area contributed by atoms with Crippen molar-refractivity contribution in [3.63, 3.8) is 0 Å². The second-order valence-electron chi connectivity index (χ2n) is 1.63. The lowest BCUT2D eigenvalue weighted by Crippen LogP contribution is -2.21. The second-order valence-corrected chi connectivity index (χ2v) is 2.02. The van der Waals surface area contributed by atoms with E-state index in [9.17, 15) is 0 Å². The fourth-order valence-electron chi connectivity index (χ4n) is 0.486. The van der Waals surface area contributed by atoms with Crippen LogP contribution in [-0.4, -0.2) is 14.9 Å². The van der Waals surface area contributed by atoms with Crippen LogP contribution in [0.1, 0.15) is 0 Å². The number of nitrogens with one attached hydrogen (secondary N) is 1. The highest BCUT2D eigenvalue weighted by molar-refractivity contribution is 6.29. The lowest BCUT2D eigenvalue weighted by atomic mass is 10.6. The Morgan fingerprint density at radius 1 is 1.80 bits per heavy atom. The van der Waals surface area contributed by atoms with Crippen molar-refractivity contribution in [2.75, 3.05) is 5.73 Å². The van der Waals surface area contributed by atoms with Crippen LogP contribution in [0.4, 0.5) is 5.95 Å². The van der Waals surface area contributed by atoms with E-state index in [2.05, 4.69) is 4.98 Å².